The number of halogens is 1. The highest BCUT2D eigenvalue weighted by Crippen LogP contribution is 2.29. The number of nitrogens with zero attached hydrogens (tertiary/aromatic N) is 1. The largest absolute Gasteiger partial charge is 0.349 e. The first kappa shape index (κ1) is 25.2. The summed E-state index contributed by atoms with van der Waals surface area (Å²) < 4.78 is 0. The van der Waals surface area contributed by atoms with Crippen LogP contribution in [0.3, 0.4) is 0 Å². The van der Waals surface area contributed by atoms with Crippen LogP contribution in [0, 0.1) is 6.92 Å². The van der Waals surface area contributed by atoms with Gasteiger partial charge in [-0.05, 0) is 54.2 Å². The van der Waals surface area contributed by atoms with Gasteiger partial charge >= 0.3 is 0 Å². The molecule has 0 saturated heterocycles. The monoisotopic (exact) mass is 501 g/mol. The Kier molecular flexibility index (Phi) is 7.55. The lowest BCUT2D eigenvalue weighted by Crippen LogP contribution is -2.31. The first-order valence-corrected chi connectivity index (χ1v) is 12.3. The maximum absolute atomic E-state index is 13.2. The van der Waals surface area contributed by atoms with E-state index in [2.05, 4.69) is 24.5 Å². The van der Waals surface area contributed by atoms with Crippen LogP contribution in [0.2, 0.25) is 0 Å². The molecule has 7 heteroatoms. The number of anilines is 2. The highest BCUT2D eigenvalue weighted by Gasteiger charge is 2.38. The Labute approximate surface area is 216 Å². The van der Waals surface area contributed by atoms with Gasteiger partial charge in [0.25, 0.3) is 17.7 Å². The minimum atomic E-state index is -0.553. The van der Waals surface area contributed by atoms with E-state index in [9.17, 15) is 14.4 Å². The molecule has 0 spiro atoms. The normalized spacial score (nSPS) is 13.4. The third-order valence-corrected chi connectivity index (χ3v) is 6.64. The summed E-state index contributed by atoms with van der Waals surface area (Å²) in [7, 11) is 0. The van der Waals surface area contributed by atoms with E-state index >= 15 is 0 Å². The van der Waals surface area contributed by atoms with Crippen LogP contribution in [-0.2, 0) is 29.0 Å². The summed E-state index contributed by atoms with van der Waals surface area (Å²) in [6.07, 6.45) is 1.60. The van der Waals surface area contributed by atoms with Gasteiger partial charge in [-0.1, -0.05) is 80.0 Å². The van der Waals surface area contributed by atoms with Gasteiger partial charge in [-0.15, -0.1) is 0 Å². The van der Waals surface area contributed by atoms with Gasteiger partial charge in [-0.25, -0.2) is 0 Å². The van der Waals surface area contributed by atoms with Gasteiger partial charge in [0.1, 0.15) is 10.7 Å². The molecule has 0 atom stereocenters. The van der Waals surface area contributed by atoms with E-state index in [4.69, 9.17) is 11.6 Å². The number of para-hydroxylation sites is 1. The number of carbonyl (C=O) groups excluding carboxylic acids is 3. The molecule has 0 unspecified atom stereocenters. The van der Waals surface area contributed by atoms with Crippen molar-refractivity contribution in [3.63, 3.8) is 0 Å². The van der Waals surface area contributed by atoms with Crippen LogP contribution < -0.4 is 10.6 Å². The zero-order valence-electron chi connectivity index (χ0n) is 20.5. The molecule has 36 heavy (non-hydrogen) atoms. The minimum Gasteiger partial charge on any atom is -0.349 e. The second-order valence-electron chi connectivity index (χ2n) is 8.64. The molecular weight excluding hydrogens is 474 g/mol. The molecule has 0 bridgehead atoms. The van der Waals surface area contributed by atoms with Gasteiger partial charge in [0, 0.05) is 16.9 Å². The Balaban J connectivity index is 1.57. The average molecular weight is 502 g/mol. The zero-order chi connectivity index (χ0) is 25.8. The Morgan fingerprint density at radius 2 is 1.56 bits per heavy atom. The molecular formula is C29H28ClN3O3. The fourth-order valence-corrected chi connectivity index (χ4v) is 4.42. The van der Waals surface area contributed by atoms with Gasteiger partial charge in [0.05, 0.1) is 6.54 Å². The van der Waals surface area contributed by atoms with E-state index in [1.165, 1.54) is 0 Å². The summed E-state index contributed by atoms with van der Waals surface area (Å²) in [5.74, 6) is -1.32. The van der Waals surface area contributed by atoms with E-state index in [0.717, 1.165) is 45.7 Å². The van der Waals surface area contributed by atoms with Crippen LogP contribution in [-0.4, -0.2) is 22.6 Å². The topological polar surface area (TPSA) is 78.5 Å². The predicted molar refractivity (Wildman–Crippen MR) is 143 cm³/mol. The third-order valence-electron chi connectivity index (χ3n) is 6.29. The summed E-state index contributed by atoms with van der Waals surface area (Å²) in [6, 6.07) is 20.4. The molecule has 0 fully saturated rings. The maximum atomic E-state index is 13.2. The van der Waals surface area contributed by atoms with Crippen molar-refractivity contribution >= 4 is 40.7 Å². The number of hydrogen-bond donors (Lipinski definition) is 2. The lowest BCUT2D eigenvalue weighted by molar-refractivity contribution is -0.138. The molecule has 3 aromatic rings. The Morgan fingerprint density at radius 3 is 2.19 bits per heavy atom. The molecule has 1 aliphatic heterocycles. The lowest BCUT2D eigenvalue weighted by atomic mass is 10.0. The zero-order valence-corrected chi connectivity index (χ0v) is 21.3. The van der Waals surface area contributed by atoms with Crippen molar-refractivity contribution in [1.29, 1.82) is 0 Å². The number of benzene rings is 3. The molecule has 3 amide bonds. The lowest BCUT2D eigenvalue weighted by Gasteiger charge is -2.17. The number of hydrogen-bond acceptors (Lipinski definition) is 4. The highest BCUT2D eigenvalue weighted by atomic mass is 35.5. The molecule has 0 aliphatic carbocycles. The molecule has 0 aromatic heterocycles. The van der Waals surface area contributed by atoms with Crippen LogP contribution in [0.1, 0.15) is 46.5 Å². The third kappa shape index (κ3) is 5.04. The highest BCUT2D eigenvalue weighted by molar-refractivity contribution is 6.48. The van der Waals surface area contributed by atoms with Crippen LogP contribution in [0.5, 0.6) is 0 Å². The molecule has 2 N–H and O–H groups in total. The van der Waals surface area contributed by atoms with Crippen molar-refractivity contribution in [3.05, 3.63) is 105 Å². The van der Waals surface area contributed by atoms with Crippen molar-refractivity contribution in [3.8, 4) is 0 Å². The van der Waals surface area contributed by atoms with E-state index in [1.54, 1.807) is 18.2 Å². The molecule has 4 rings (SSSR count). The predicted octanol–water partition coefficient (Wildman–Crippen LogP) is 5.80. The summed E-state index contributed by atoms with van der Waals surface area (Å²) in [6.45, 7) is 6.08. The molecule has 1 heterocycles. The van der Waals surface area contributed by atoms with E-state index in [-0.39, 0.29) is 23.2 Å². The van der Waals surface area contributed by atoms with E-state index in [0.29, 0.717) is 11.3 Å². The summed E-state index contributed by atoms with van der Waals surface area (Å²) in [5.41, 5.74) is 5.54. The number of aryl methyl sites for hydroxylation is 3. The number of amides is 3. The SMILES string of the molecule is CCc1cccc(CC)c1NC(=O)c1ccc(C)c(NC2=C(Cl)C(=O)N(Cc3ccccc3)C2=O)c1. The smallest absolute Gasteiger partial charge is 0.279 e. The van der Waals surface area contributed by atoms with Crippen molar-refractivity contribution in [2.45, 2.75) is 40.2 Å². The van der Waals surface area contributed by atoms with Crippen molar-refractivity contribution in [1.82, 2.24) is 4.90 Å². The van der Waals surface area contributed by atoms with E-state index in [1.807, 2.05) is 55.5 Å². The molecule has 0 radical (unpaired) electrons. The average Bonchev–Trinajstić information content (AvgIpc) is 3.09. The summed E-state index contributed by atoms with van der Waals surface area (Å²) >= 11 is 6.29. The second-order valence-corrected chi connectivity index (χ2v) is 9.02. The fourth-order valence-electron chi connectivity index (χ4n) is 4.19. The Morgan fingerprint density at radius 1 is 0.889 bits per heavy atom. The molecule has 3 aromatic carbocycles. The van der Waals surface area contributed by atoms with Crippen molar-refractivity contribution in [2.24, 2.45) is 0 Å². The van der Waals surface area contributed by atoms with Crippen LogP contribution >= 0.6 is 11.6 Å². The maximum Gasteiger partial charge on any atom is 0.279 e. The Bertz CT molecular complexity index is 1340. The number of nitrogens with one attached hydrogen (secondary N) is 2. The molecule has 1 aliphatic rings. The number of rotatable bonds is 8. The standard InChI is InChI=1S/C29H28ClN3O3/c1-4-20-12-9-13-21(5-2)25(20)32-27(34)22-15-14-18(3)23(16-22)31-26-24(30)28(35)33(29(26)36)17-19-10-7-6-8-11-19/h6-16,31H,4-5,17H2,1-3H3,(H,32,34). The van der Waals surface area contributed by atoms with Crippen LogP contribution in [0.25, 0.3) is 0 Å². The molecule has 184 valence electrons. The quantitative estimate of drug-likeness (QED) is 0.382. The summed E-state index contributed by atoms with van der Waals surface area (Å²) in [5, 5.41) is 5.91. The number of imide groups is 1. The number of carbonyl (C=O) groups is 3. The van der Waals surface area contributed by atoms with Gasteiger partial charge in [-0.2, -0.15) is 0 Å². The first-order valence-electron chi connectivity index (χ1n) is 11.9. The second kappa shape index (κ2) is 10.8. The van der Waals surface area contributed by atoms with Crippen molar-refractivity contribution in [2.75, 3.05) is 10.6 Å². The van der Waals surface area contributed by atoms with Gasteiger partial charge in [0.2, 0.25) is 0 Å². The van der Waals surface area contributed by atoms with Crippen LogP contribution in [0.15, 0.2) is 77.5 Å². The van der Waals surface area contributed by atoms with Gasteiger partial charge in [-0.3, -0.25) is 19.3 Å². The summed E-state index contributed by atoms with van der Waals surface area (Å²) in [4.78, 5) is 40.1. The van der Waals surface area contributed by atoms with Gasteiger partial charge < -0.3 is 10.6 Å². The fraction of sp³-hybridized carbons (Fsp3) is 0.207. The molecule has 6 nitrogen and oxygen atoms in total. The molecule has 0 saturated carbocycles. The van der Waals surface area contributed by atoms with E-state index < -0.39 is 11.8 Å². The first-order chi connectivity index (χ1) is 17.3. The minimum absolute atomic E-state index is 0.00264. The van der Waals surface area contributed by atoms with Crippen molar-refractivity contribution < 1.29 is 14.4 Å². The Hall–Kier alpha value is -3.90. The van der Waals surface area contributed by atoms with Gasteiger partial charge in [0.15, 0.2) is 0 Å². The van der Waals surface area contributed by atoms with Crippen LogP contribution in [0.4, 0.5) is 11.4 Å².